The Morgan fingerprint density at radius 1 is 1.00 bits per heavy atom. The van der Waals surface area contributed by atoms with Crippen molar-refractivity contribution in [1.82, 2.24) is 20.7 Å². The van der Waals surface area contributed by atoms with Gasteiger partial charge in [0.15, 0.2) is 12.0 Å². The van der Waals surface area contributed by atoms with E-state index in [1.165, 1.54) is 29.1 Å². The van der Waals surface area contributed by atoms with Crippen LogP contribution in [0.25, 0.3) is 0 Å². The van der Waals surface area contributed by atoms with Crippen molar-refractivity contribution >= 4 is 23.8 Å². The number of anilines is 1. The highest BCUT2D eigenvalue weighted by Gasteiger charge is 2.22. The van der Waals surface area contributed by atoms with Gasteiger partial charge in [-0.3, -0.25) is 19.4 Å². The van der Waals surface area contributed by atoms with E-state index in [0.717, 1.165) is 11.5 Å². The fourth-order valence-electron chi connectivity index (χ4n) is 2.68. The number of terminal acetylenes is 1. The fourth-order valence-corrected chi connectivity index (χ4v) is 2.68. The van der Waals surface area contributed by atoms with Crippen LogP contribution in [0.15, 0.2) is 59.9 Å². The quantitative estimate of drug-likeness (QED) is 0.135. The van der Waals surface area contributed by atoms with Gasteiger partial charge in [0.2, 0.25) is 0 Å². The van der Waals surface area contributed by atoms with Gasteiger partial charge in [-0.25, -0.2) is 5.43 Å². The molecule has 0 atom stereocenters. The number of phenolic OH excluding ortho intramolecular Hbond substituents is 1. The van der Waals surface area contributed by atoms with Crippen LogP contribution in [0.5, 0.6) is 5.75 Å². The molecule has 0 aliphatic carbocycles. The molecule has 0 aliphatic rings. The standard InChI is InChI=1S/C22H27N5O4.C4H10.C2H2/c1-23-27(4)22(31)19(18(14-28)24-13-15-9-6-5-7-10-15)25-17-12-8-11-16(20(17)29)21(30)26(2)3;1-4(2)3;1-2/h5-12,14,23-25,29H,13H2,1-4H3;4H,1-3H3;1-2H/b19-18-;;. The number of hydrazine groups is 1. The van der Waals surface area contributed by atoms with Crippen LogP contribution in [0.3, 0.4) is 0 Å². The lowest BCUT2D eigenvalue weighted by atomic mass is 10.1. The van der Waals surface area contributed by atoms with E-state index in [9.17, 15) is 19.5 Å². The number of hydrogen-bond acceptors (Lipinski definition) is 7. The average molecular weight is 510 g/mol. The van der Waals surface area contributed by atoms with E-state index in [2.05, 4.69) is 49.7 Å². The Bertz CT molecular complexity index is 1060. The zero-order valence-corrected chi connectivity index (χ0v) is 22.7. The number of para-hydroxylation sites is 1. The molecule has 2 rings (SSSR count). The third-order valence-electron chi connectivity index (χ3n) is 4.50. The number of phenols is 1. The highest BCUT2D eigenvalue weighted by atomic mass is 16.3. The van der Waals surface area contributed by atoms with Gasteiger partial charge in [0.25, 0.3) is 11.8 Å². The highest BCUT2D eigenvalue weighted by Crippen LogP contribution is 2.29. The third-order valence-corrected chi connectivity index (χ3v) is 4.50. The topological polar surface area (TPSA) is 114 Å². The molecule has 0 radical (unpaired) electrons. The van der Waals surface area contributed by atoms with Gasteiger partial charge < -0.3 is 20.6 Å². The summed E-state index contributed by atoms with van der Waals surface area (Å²) in [5.74, 6) is -0.441. The lowest BCUT2D eigenvalue weighted by Crippen LogP contribution is -2.40. The number of amides is 2. The van der Waals surface area contributed by atoms with Gasteiger partial charge in [-0.2, -0.15) is 0 Å². The molecule has 9 nitrogen and oxygen atoms in total. The number of aromatic hydroxyl groups is 1. The first-order chi connectivity index (χ1) is 17.5. The number of rotatable bonds is 9. The molecule has 0 spiro atoms. The minimum atomic E-state index is -0.547. The Hall–Kier alpha value is -4.29. The molecule has 0 fully saturated rings. The minimum absolute atomic E-state index is 0.000285. The Morgan fingerprint density at radius 3 is 2.05 bits per heavy atom. The number of nitrogens with zero attached hydrogens (tertiary/aromatic N) is 2. The Balaban J connectivity index is 0.00000196. The largest absolute Gasteiger partial charge is 0.505 e. The molecule has 0 aromatic heterocycles. The van der Waals surface area contributed by atoms with Crippen LogP contribution in [0.2, 0.25) is 0 Å². The predicted molar refractivity (Wildman–Crippen MR) is 148 cm³/mol. The van der Waals surface area contributed by atoms with E-state index >= 15 is 0 Å². The van der Waals surface area contributed by atoms with Gasteiger partial charge in [0.1, 0.15) is 11.4 Å². The van der Waals surface area contributed by atoms with E-state index in [-0.39, 0.29) is 28.4 Å². The molecule has 0 unspecified atom stereocenters. The summed E-state index contributed by atoms with van der Waals surface area (Å²) in [4.78, 5) is 38.4. The van der Waals surface area contributed by atoms with E-state index in [4.69, 9.17) is 0 Å². The maximum absolute atomic E-state index is 12.9. The summed E-state index contributed by atoms with van der Waals surface area (Å²) in [7, 11) is 6.18. The molecule has 9 heteroatoms. The molecule has 0 saturated carbocycles. The lowest BCUT2D eigenvalue weighted by molar-refractivity contribution is -0.128. The summed E-state index contributed by atoms with van der Waals surface area (Å²) in [5, 5.41) is 17.6. The van der Waals surface area contributed by atoms with Crippen LogP contribution >= 0.6 is 0 Å². The number of carbonyl (C=O) groups excluding carboxylic acids is 3. The summed E-state index contributed by atoms with van der Waals surface area (Å²) < 4.78 is 0. The van der Waals surface area contributed by atoms with Crippen molar-refractivity contribution in [2.24, 2.45) is 5.92 Å². The number of benzene rings is 2. The molecule has 0 saturated heterocycles. The number of hydrogen-bond donors (Lipinski definition) is 4. The second kappa shape index (κ2) is 17.2. The molecule has 2 amide bonds. The second-order valence-corrected chi connectivity index (χ2v) is 8.59. The molecule has 4 N–H and O–H groups in total. The summed E-state index contributed by atoms with van der Waals surface area (Å²) in [6.45, 7) is 6.81. The SMILES string of the molecule is C#C.CC(C)C.CNN(C)C(=O)/C(Nc1cccc(C(=O)N(C)C)c1O)=C(\C=O)NCc1ccccc1. The van der Waals surface area contributed by atoms with E-state index in [1.807, 2.05) is 30.3 Å². The Morgan fingerprint density at radius 2 is 1.57 bits per heavy atom. The zero-order valence-electron chi connectivity index (χ0n) is 22.7. The van der Waals surface area contributed by atoms with Crippen LogP contribution in [0.1, 0.15) is 36.7 Å². The summed E-state index contributed by atoms with van der Waals surface area (Å²) >= 11 is 0. The van der Waals surface area contributed by atoms with E-state index in [0.29, 0.717) is 12.8 Å². The third kappa shape index (κ3) is 10.9. The maximum atomic E-state index is 12.9. The normalized spacial score (nSPS) is 10.4. The maximum Gasteiger partial charge on any atom is 0.286 e. The second-order valence-electron chi connectivity index (χ2n) is 8.59. The van der Waals surface area contributed by atoms with Crippen LogP contribution in [-0.2, 0) is 16.1 Å². The zero-order chi connectivity index (χ0) is 28.5. The number of carbonyl (C=O) groups is 3. The van der Waals surface area contributed by atoms with Crippen LogP contribution in [0.4, 0.5) is 5.69 Å². The van der Waals surface area contributed by atoms with E-state index in [1.54, 1.807) is 27.2 Å². The van der Waals surface area contributed by atoms with Crippen molar-refractivity contribution in [3.63, 3.8) is 0 Å². The number of aldehydes is 1. The van der Waals surface area contributed by atoms with Crippen LogP contribution < -0.4 is 16.1 Å². The minimum Gasteiger partial charge on any atom is -0.505 e. The van der Waals surface area contributed by atoms with Gasteiger partial charge in [0.05, 0.1) is 11.3 Å². The van der Waals surface area contributed by atoms with Gasteiger partial charge in [-0.05, 0) is 23.6 Å². The summed E-state index contributed by atoms with van der Waals surface area (Å²) in [5.41, 5.74) is 3.68. The Kier molecular flexibility index (Phi) is 15.2. The molecular weight excluding hydrogens is 470 g/mol. The van der Waals surface area contributed by atoms with Crippen LogP contribution in [-0.4, -0.2) is 61.3 Å². The molecule has 37 heavy (non-hydrogen) atoms. The monoisotopic (exact) mass is 509 g/mol. The first-order valence-corrected chi connectivity index (χ1v) is 11.6. The van der Waals surface area contributed by atoms with Crippen molar-refractivity contribution < 1.29 is 19.5 Å². The van der Waals surface area contributed by atoms with Gasteiger partial charge in [0, 0.05) is 34.7 Å². The Labute approximate surface area is 220 Å². The first kappa shape index (κ1) is 32.7. The average Bonchev–Trinajstić information content (AvgIpc) is 2.89. The van der Waals surface area contributed by atoms with Crippen molar-refractivity contribution in [2.75, 3.05) is 33.5 Å². The molecule has 2 aromatic rings. The first-order valence-electron chi connectivity index (χ1n) is 11.6. The van der Waals surface area contributed by atoms with Gasteiger partial charge >= 0.3 is 0 Å². The van der Waals surface area contributed by atoms with Crippen molar-refractivity contribution in [3.05, 3.63) is 71.1 Å². The molecule has 0 bridgehead atoms. The smallest absolute Gasteiger partial charge is 0.286 e. The fraction of sp³-hybridized carbons (Fsp3) is 0.321. The highest BCUT2D eigenvalue weighted by molar-refractivity contribution is 6.03. The van der Waals surface area contributed by atoms with Gasteiger partial charge in [-0.1, -0.05) is 57.2 Å². The van der Waals surface area contributed by atoms with Crippen LogP contribution in [0, 0.1) is 18.8 Å². The number of likely N-dealkylation sites (N-methyl/N-ethyl adjacent to an activating group) is 1. The summed E-state index contributed by atoms with van der Waals surface area (Å²) in [6.07, 6.45) is 8.53. The van der Waals surface area contributed by atoms with Crippen molar-refractivity contribution in [3.8, 4) is 18.6 Å². The molecular formula is C28H39N5O4. The predicted octanol–water partition coefficient (Wildman–Crippen LogP) is 3.21. The van der Waals surface area contributed by atoms with Crippen molar-refractivity contribution in [2.45, 2.75) is 27.3 Å². The molecule has 200 valence electrons. The molecule has 0 aliphatic heterocycles. The van der Waals surface area contributed by atoms with E-state index < -0.39 is 11.8 Å². The number of nitrogens with one attached hydrogen (secondary N) is 3. The molecule has 0 heterocycles. The van der Waals surface area contributed by atoms with Gasteiger partial charge in [-0.15, -0.1) is 12.8 Å². The lowest BCUT2D eigenvalue weighted by Gasteiger charge is -2.22. The molecule has 2 aromatic carbocycles. The van der Waals surface area contributed by atoms with Crippen molar-refractivity contribution in [1.29, 1.82) is 0 Å². The summed E-state index contributed by atoms with van der Waals surface area (Å²) in [6, 6.07) is 13.9. The number of allylic oxidation sites excluding steroid dienone is 1.